The smallest absolute Gasteiger partial charge is 0.305 e. The lowest BCUT2D eigenvalue weighted by Crippen LogP contribution is -2.42. The third kappa shape index (κ3) is 3.38. The highest BCUT2D eigenvalue weighted by molar-refractivity contribution is 8.00. The van der Waals surface area contributed by atoms with Gasteiger partial charge in [-0.1, -0.05) is 56.4 Å². The fraction of sp³-hybridized carbons (Fsp3) is 0.538. The van der Waals surface area contributed by atoms with Crippen molar-refractivity contribution in [3.05, 3.63) is 49.9 Å². The van der Waals surface area contributed by atoms with Crippen LogP contribution in [0.5, 0.6) is 0 Å². The average molecular weight is 513 g/mol. The molecule has 2 N–H and O–H groups in total. The van der Waals surface area contributed by atoms with Gasteiger partial charge in [-0.05, 0) is 40.7 Å². The lowest BCUT2D eigenvalue weighted by molar-refractivity contribution is -0.142. The number of carbonyl (C=O) groups excluding carboxylic acids is 2. The summed E-state index contributed by atoms with van der Waals surface area (Å²) in [5.74, 6) is -1.91. The Morgan fingerprint density at radius 2 is 1.74 bits per heavy atom. The van der Waals surface area contributed by atoms with Crippen molar-refractivity contribution in [1.82, 2.24) is 9.88 Å². The van der Waals surface area contributed by atoms with Gasteiger partial charge in [0.2, 0.25) is 11.8 Å². The molecule has 7 nitrogen and oxygen atoms in total. The molecule has 7 atom stereocenters. The first-order chi connectivity index (χ1) is 16.6. The van der Waals surface area contributed by atoms with Crippen LogP contribution < -0.4 is 4.87 Å². The van der Waals surface area contributed by atoms with Gasteiger partial charge < -0.3 is 10.1 Å². The van der Waals surface area contributed by atoms with Crippen LogP contribution in [0.2, 0.25) is 0 Å². The molecule has 1 saturated heterocycles. The molecule has 2 aliphatic heterocycles. The summed E-state index contributed by atoms with van der Waals surface area (Å²) in [5, 5.41) is 10.1. The van der Waals surface area contributed by atoms with Gasteiger partial charge in [0.05, 0.1) is 23.3 Å². The zero-order valence-corrected chi connectivity index (χ0v) is 21.4. The van der Waals surface area contributed by atoms with E-state index in [1.807, 2.05) is 0 Å². The summed E-state index contributed by atoms with van der Waals surface area (Å²) in [5.41, 5.74) is 2.42. The third-order valence-electron chi connectivity index (χ3n) is 8.50. The Morgan fingerprint density at radius 1 is 1.09 bits per heavy atom. The van der Waals surface area contributed by atoms with Crippen molar-refractivity contribution >= 4 is 40.9 Å². The number of carbonyl (C=O) groups is 3. The number of nitrogens with one attached hydrogen (secondary N) is 1. The van der Waals surface area contributed by atoms with Crippen molar-refractivity contribution in [2.45, 2.75) is 55.2 Å². The first-order valence-corrected chi connectivity index (χ1v) is 13.8. The van der Waals surface area contributed by atoms with Gasteiger partial charge in [0, 0.05) is 22.6 Å². The summed E-state index contributed by atoms with van der Waals surface area (Å²) < 4.78 is 0. The number of imide groups is 1. The van der Waals surface area contributed by atoms with E-state index >= 15 is 0 Å². The van der Waals surface area contributed by atoms with Crippen LogP contribution >= 0.6 is 23.1 Å². The Bertz CT molecular complexity index is 1290. The molecule has 9 heteroatoms. The van der Waals surface area contributed by atoms with E-state index < -0.39 is 5.97 Å². The maximum absolute atomic E-state index is 13.4. The topological polar surface area (TPSA) is 108 Å². The van der Waals surface area contributed by atoms with Crippen LogP contribution in [0.1, 0.15) is 55.5 Å². The monoisotopic (exact) mass is 512 g/mol. The molecule has 1 aromatic carbocycles. The summed E-state index contributed by atoms with van der Waals surface area (Å²) >= 11 is 2.93. The first-order valence-electron chi connectivity index (χ1n) is 12.1. The molecule has 2 aliphatic carbocycles. The van der Waals surface area contributed by atoms with E-state index in [1.54, 1.807) is 11.8 Å². The number of rotatable bonds is 4. The molecule has 4 aliphatic rings. The number of aliphatic carboxylic acids is 1. The normalized spacial score (nSPS) is 33.1. The summed E-state index contributed by atoms with van der Waals surface area (Å²) in [7, 11) is 0. The number of aromatic amines is 1. The predicted molar refractivity (Wildman–Crippen MR) is 133 cm³/mol. The zero-order chi connectivity index (χ0) is 24.8. The van der Waals surface area contributed by atoms with Crippen molar-refractivity contribution in [3.63, 3.8) is 0 Å². The van der Waals surface area contributed by atoms with Crippen molar-refractivity contribution in [2.24, 2.45) is 29.6 Å². The minimum atomic E-state index is -1.01. The maximum atomic E-state index is 13.4. The highest BCUT2D eigenvalue weighted by atomic mass is 32.2. The van der Waals surface area contributed by atoms with Gasteiger partial charge in [-0.2, -0.15) is 0 Å². The van der Waals surface area contributed by atoms with Crippen molar-refractivity contribution in [3.8, 4) is 0 Å². The number of benzene rings is 1. The minimum absolute atomic E-state index is 0.00106. The molecule has 2 amide bonds. The van der Waals surface area contributed by atoms with Crippen molar-refractivity contribution < 1.29 is 19.5 Å². The Kier molecular flexibility index (Phi) is 5.14. The van der Waals surface area contributed by atoms with Crippen LogP contribution in [-0.4, -0.2) is 44.6 Å². The van der Waals surface area contributed by atoms with Gasteiger partial charge >= 0.3 is 10.8 Å². The Hall–Kier alpha value is -2.39. The molecular weight excluding hydrogens is 484 g/mol. The number of amides is 2. The first kappa shape index (κ1) is 23.0. The van der Waals surface area contributed by atoms with E-state index in [-0.39, 0.29) is 75.8 Å². The number of carboxylic acid groups (broad SMARTS) is 1. The summed E-state index contributed by atoms with van der Waals surface area (Å²) in [6, 6.07) is 8.65. The predicted octanol–water partition coefficient (Wildman–Crippen LogP) is 3.68. The number of H-pyrrole nitrogens is 1. The van der Waals surface area contributed by atoms with E-state index in [1.165, 1.54) is 21.8 Å². The molecular formula is C26H28N2O5S2. The van der Waals surface area contributed by atoms with Crippen molar-refractivity contribution in [2.75, 3.05) is 6.54 Å². The Balaban J connectivity index is 1.40. The van der Waals surface area contributed by atoms with Crippen molar-refractivity contribution in [1.29, 1.82) is 0 Å². The second-order valence-electron chi connectivity index (χ2n) is 11.3. The molecule has 35 heavy (non-hydrogen) atoms. The number of thiazole rings is 1. The molecule has 3 heterocycles. The zero-order valence-electron chi connectivity index (χ0n) is 19.8. The number of likely N-dealkylation sites (tertiary alicyclic amines) is 1. The number of nitrogens with zero attached hydrogens (tertiary/aromatic N) is 1. The number of hydrogen-bond acceptors (Lipinski definition) is 6. The van der Waals surface area contributed by atoms with E-state index in [2.05, 4.69) is 50.0 Å². The van der Waals surface area contributed by atoms with Crippen LogP contribution in [0.4, 0.5) is 0 Å². The number of carboxylic acids is 1. The van der Waals surface area contributed by atoms with Crippen LogP contribution in [0.3, 0.4) is 0 Å². The second-order valence-corrected chi connectivity index (χ2v) is 13.5. The summed E-state index contributed by atoms with van der Waals surface area (Å²) in [6.07, 6.45) is 0.604. The summed E-state index contributed by atoms with van der Waals surface area (Å²) in [4.78, 5) is 55.3. The average Bonchev–Trinajstić information content (AvgIpc) is 3.51. The van der Waals surface area contributed by atoms with Crippen LogP contribution in [0, 0.1) is 29.6 Å². The molecule has 2 aromatic rings. The van der Waals surface area contributed by atoms with Crippen LogP contribution in [0.25, 0.3) is 0 Å². The lowest BCUT2D eigenvalue weighted by atomic mass is 9.68. The number of aromatic nitrogens is 1. The molecule has 2 saturated carbocycles. The summed E-state index contributed by atoms with van der Waals surface area (Å²) in [6.45, 7) is 6.49. The SMILES string of the molecule is CC(C)(C)c1ccc([C@H]2c3sc(=O)[nH]c3SC3C4CC(C5C(=O)N(CCC(=O)O)C(=O)C45)C32)cc1. The van der Waals surface area contributed by atoms with Gasteiger partial charge in [-0.25, -0.2) is 0 Å². The number of hydrogen-bond donors (Lipinski definition) is 2. The fourth-order valence-corrected chi connectivity index (χ4v) is 9.96. The second kappa shape index (κ2) is 7.80. The van der Waals surface area contributed by atoms with E-state index in [0.717, 1.165) is 21.9 Å². The molecule has 0 spiro atoms. The quantitative estimate of drug-likeness (QED) is 0.605. The van der Waals surface area contributed by atoms with Gasteiger partial charge in [-0.3, -0.25) is 24.1 Å². The molecule has 184 valence electrons. The van der Waals surface area contributed by atoms with E-state index in [0.29, 0.717) is 0 Å². The minimum Gasteiger partial charge on any atom is -0.481 e. The molecule has 6 unspecified atom stereocenters. The Labute approximate surface area is 211 Å². The number of thioether (sulfide) groups is 1. The molecule has 2 bridgehead atoms. The maximum Gasteiger partial charge on any atom is 0.305 e. The van der Waals surface area contributed by atoms with Gasteiger partial charge in [0.25, 0.3) is 0 Å². The van der Waals surface area contributed by atoms with E-state index in [4.69, 9.17) is 5.11 Å². The largest absolute Gasteiger partial charge is 0.481 e. The molecule has 1 aromatic heterocycles. The molecule has 0 radical (unpaired) electrons. The molecule has 6 rings (SSSR count). The van der Waals surface area contributed by atoms with Gasteiger partial charge in [-0.15, -0.1) is 11.8 Å². The Morgan fingerprint density at radius 3 is 2.37 bits per heavy atom. The standard InChI is InChI=1S/C26H28N2O5S2/c1-26(2,3)12-6-4-11(5-7-12)16-17-13-10-14(20(17)34-22-21(16)35-25(33)27-22)19-18(13)23(31)28(24(19)32)9-8-15(29)30/h4-7,13-14,16-20H,8-10H2,1-3H3,(H,27,33)(H,29,30)/t13?,14?,16-,17?,18?,19?,20?/m1/s1. The fourth-order valence-electron chi connectivity index (χ4n) is 7.07. The third-order valence-corrected chi connectivity index (χ3v) is 11.1. The van der Waals surface area contributed by atoms with E-state index in [9.17, 15) is 19.2 Å². The number of fused-ring (bicyclic) bond motifs is 9. The highest BCUT2D eigenvalue weighted by Crippen LogP contribution is 2.68. The van der Waals surface area contributed by atoms with Gasteiger partial charge in [0.1, 0.15) is 0 Å². The van der Waals surface area contributed by atoms with Crippen LogP contribution in [0.15, 0.2) is 34.1 Å². The van der Waals surface area contributed by atoms with Crippen LogP contribution in [-0.2, 0) is 19.8 Å². The molecule has 3 fully saturated rings. The lowest BCUT2D eigenvalue weighted by Gasteiger charge is -2.43. The van der Waals surface area contributed by atoms with Gasteiger partial charge in [0.15, 0.2) is 0 Å². The highest BCUT2D eigenvalue weighted by Gasteiger charge is 2.69.